The number of nitrogens with zero attached hydrogens (tertiary/aromatic N) is 2. The number of benzene rings is 2. The molecule has 160 valence electrons. The predicted octanol–water partition coefficient (Wildman–Crippen LogP) is 6.78. The van der Waals surface area contributed by atoms with E-state index >= 15 is 0 Å². The number of fused-ring (bicyclic) bond motifs is 1. The molecule has 4 rings (SSSR count). The van der Waals surface area contributed by atoms with Gasteiger partial charge in [0.1, 0.15) is 11.6 Å². The molecule has 0 atom stereocenters. The van der Waals surface area contributed by atoms with Crippen molar-refractivity contribution in [2.24, 2.45) is 5.92 Å². The Morgan fingerprint density at radius 2 is 1.65 bits per heavy atom. The van der Waals surface area contributed by atoms with Crippen molar-refractivity contribution in [1.82, 2.24) is 9.97 Å². The first-order valence-corrected chi connectivity index (χ1v) is 10.1. The Bertz CT molecular complexity index is 1170. The molecule has 2 nitrogen and oxygen atoms in total. The van der Waals surface area contributed by atoms with E-state index in [1.807, 2.05) is 0 Å². The van der Waals surface area contributed by atoms with Crippen molar-refractivity contribution in [1.29, 1.82) is 0 Å². The van der Waals surface area contributed by atoms with Crippen LogP contribution in [0.4, 0.5) is 22.0 Å². The Hall–Kier alpha value is -3.01. The van der Waals surface area contributed by atoms with Crippen molar-refractivity contribution in [3.8, 4) is 23.2 Å². The summed E-state index contributed by atoms with van der Waals surface area (Å²) in [6, 6.07) is 5.42. The van der Waals surface area contributed by atoms with Crippen LogP contribution >= 0.6 is 0 Å². The Kier molecular flexibility index (Phi) is 5.65. The Morgan fingerprint density at radius 3 is 2.29 bits per heavy atom. The molecule has 0 spiro atoms. The van der Waals surface area contributed by atoms with Crippen LogP contribution in [0.5, 0.6) is 0 Å². The molecule has 0 radical (unpaired) electrons. The van der Waals surface area contributed by atoms with Gasteiger partial charge in [0, 0.05) is 29.3 Å². The number of hydrogen-bond donors (Lipinski definition) is 0. The van der Waals surface area contributed by atoms with Gasteiger partial charge in [-0.15, -0.1) is 0 Å². The van der Waals surface area contributed by atoms with Crippen LogP contribution in [0.25, 0.3) is 22.2 Å². The maximum Gasteiger partial charge on any atom is 0.458 e. The fourth-order valence-electron chi connectivity index (χ4n) is 4.01. The van der Waals surface area contributed by atoms with Crippen LogP contribution in [0.3, 0.4) is 0 Å². The number of hydrogen-bond acceptors (Lipinski definition) is 2. The van der Waals surface area contributed by atoms with E-state index in [2.05, 4.69) is 16.9 Å². The Balaban J connectivity index is 1.64. The number of alkyl halides is 3. The molecule has 0 N–H and O–H groups in total. The molecule has 1 aliphatic carbocycles. The monoisotopic (exact) mass is 430 g/mol. The summed E-state index contributed by atoms with van der Waals surface area (Å²) in [5.41, 5.74) is 0.741. The van der Waals surface area contributed by atoms with Gasteiger partial charge in [-0.25, -0.2) is 18.7 Å². The third-order valence-electron chi connectivity index (χ3n) is 5.78. The zero-order chi connectivity index (χ0) is 22.2. The zero-order valence-electron chi connectivity index (χ0n) is 16.7. The lowest BCUT2D eigenvalue weighted by atomic mass is 9.80. The lowest BCUT2D eigenvalue weighted by Gasteiger charge is -2.25. The molecule has 1 heterocycles. The third-order valence-corrected chi connectivity index (χ3v) is 5.78. The van der Waals surface area contributed by atoms with Crippen LogP contribution in [0, 0.1) is 29.4 Å². The minimum atomic E-state index is -4.84. The second kappa shape index (κ2) is 8.26. The third kappa shape index (κ3) is 4.68. The Labute approximate surface area is 176 Å². The molecule has 1 aliphatic rings. The molecule has 1 aromatic heterocycles. The van der Waals surface area contributed by atoms with Crippen molar-refractivity contribution in [2.75, 3.05) is 0 Å². The zero-order valence-corrected chi connectivity index (χ0v) is 16.7. The van der Waals surface area contributed by atoms with E-state index in [0.717, 1.165) is 36.3 Å². The van der Waals surface area contributed by atoms with Crippen LogP contribution in [-0.2, 0) is 0 Å². The first-order valence-electron chi connectivity index (χ1n) is 10.1. The number of rotatable bonds is 2. The van der Waals surface area contributed by atoms with Gasteiger partial charge in [0.15, 0.2) is 5.82 Å². The van der Waals surface area contributed by atoms with Crippen molar-refractivity contribution < 1.29 is 22.0 Å². The van der Waals surface area contributed by atoms with Crippen LogP contribution in [-0.4, -0.2) is 16.1 Å². The highest BCUT2D eigenvalue weighted by Gasteiger charge is 2.24. The highest BCUT2D eigenvalue weighted by atomic mass is 19.4. The molecule has 0 saturated heterocycles. The molecule has 0 bridgehead atoms. The van der Waals surface area contributed by atoms with E-state index in [0.29, 0.717) is 17.3 Å². The van der Waals surface area contributed by atoms with Crippen molar-refractivity contribution in [2.45, 2.75) is 44.7 Å². The molecule has 31 heavy (non-hydrogen) atoms. The lowest BCUT2D eigenvalue weighted by molar-refractivity contribution is -0.0696. The molecule has 2 aromatic carbocycles. The molecule has 0 aliphatic heterocycles. The lowest BCUT2D eigenvalue weighted by Crippen LogP contribution is -2.11. The molecule has 0 unspecified atom stereocenters. The average Bonchev–Trinajstić information content (AvgIpc) is 2.73. The highest BCUT2D eigenvalue weighted by Crippen LogP contribution is 2.35. The summed E-state index contributed by atoms with van der Waals surface area (Å²) < 4.78 is 65.7. The molecule has 1 saturated carbocycles. The summed E-state index contributed by atoms with van der Waals surface area (Å²) in [6.45, 7) is 2.26. The molecule has 0 amide bonds. The Morgan fingerprint density at radius 1 is 0.968 bits per heavy atom. The highest BCUT2D eigenvalue weighted by molar-refractivity contribution is 5.88. The van der Waals surface area contributed by atoms with E-state index in [1.54, 1.807) is 24.4 Å². The number of halogens is 5. The minimum absolute atomic E-state index is 0.0235. The summed E-state index contributed by atoms with van der Waals surface area (Å²) >= 11 is 0. The summed E-state index contributed by atoms with van der Waals surface area (Å²) in [6.07, 6.45) is 3.34. The quantitative estimate of drug-likeness (QED) is 0.331. The molecule has 7 heteroatoms. The van der Waals surface area contributed by atoms with E-state index < -0.39 is 23.4 Å². The van der Waals surface area contributed by atoms with E-state index in [-0.39, 0.29) is 10.8 Å². The first kappa shape index (κ1) is 21.2. The SMILES string of the molecule is CC1CCC(c2cnc(-c3ccc4c(F)c(C#CC(F)(F)F)c(F)cc4c3)nc2)CC1. The van der Waals surface area contributed by atoms with Crippen molar-refractivity contribution in [3.63, 3.8) is 0 Å². The van der Waals surface area contributed by atoms with Crippen LogP contribution in [0.2, 0.25) is 0 Å². The van der Waals surface area contributed by atoms with Gasteiger partial charge in [0.25, 0.3) is 0 Å². The fourth-order valence-corrected chi connectivity index (χ4v) is 4.01. The maximum absolute atomic E-state index is 14.6. The maximum atomic E-state index is 14.6. The normalized spacial score (nSPS) is 19.2. The van der Waals surface area contributed by atoms with Crippen LogP contribution in [0.15, 0.2) is 36.7 Å². The second-order valence-corrected chi connectivity index (χ2v) is 8.03. The molecular formula is C24H19F5N2. The van der Waals surface area contributed by atoms with E-state index in [9.17, 15) is 22.0 Å². The van der Waals surface area contributed by atoms with Crippen LogP contribution in [0.1, 0.15) is 49.7 Å². The summed E-state index contributed by atoms with van der Waals surface area (Å²) in [4.78, 5) is 8.85. The second-order valence-electron chi connectivity index (χ2n) is 8.03. The average molecular weight is 430 g/mol. The topological polar surface area (TPSA) is 25.8 Å². The van der Waals surface area contributed by atoms with Gasteiger partial charge in [-0.3, -0.25) is 0 Å². The summed E-state index contributed by atoms with van der Waals surface area (Å²) in [5, 5.41) is 0.170. The minimum Gasteiger partial charge on any atom is -0.236 e. The standard InChI is InChI=1S/C24H19F5N2/c1-14-2-4-15(5-3-14)18-12-30-23(31-13-18)16-6-7-19-17(10-16)11-21(25)20(22(19)26)8-9-24(27,28)29/h6-7,10-15H,2-5H2,1H3. The van der Waals surface area contributed by atoms with Gasteiger partial charge in [-0.1, -0.05) is 37.8 Å². The van der Waals surface area contributed by atoms with Gasteiger partial charge < -0.3 is 0 Å². The number of aromatic nitrogens is 2. The predicted molar refractivity (Wildman–Crippen MR) is 108 cm³/mol. The van der Waals surface area contributed by atoms with Gasteiger partial charge in [-0.2, -0.15) is 13.2 Å². The fraction of sp³-hybridized carbons (Fsp3) is 0.333. The van der Waals surface area contributed by atoms with Gasteiger partial charge in [0.2, 0.25) is 0 Å². The van der Waals surface area contributed by atoms with Crippen molar-refractivity contribution >= 4 is 10.8 Å². The summed E-state index contributed by atoms with van der Waals surface area (Å²) in [7, 11) is 0. The van der Waals surface area contributed by atoms with Gasteiger partial charge in [-0.05, 0) is 47.8 Å². The van der Waals surface area contributed by atoms with E-state index in [4.69, 9.17) is 0 Å². The molecule has 1 fully saturated rings. The van der Waals surface area contributed by atoms with Gasteiger partial charge in [0.05, 0.1) is 5.56 Å². The molecule has 3 aromatic rings. The van der Waals surface area contributed by atoms with Gasteiger partial charge >= 0.3 is 6.18 Å². The summed E-state index contributed by atoms with van der Waals surface area (Å²) in [5.74, 6) is 1.79. The first-order chi connectivity index (χ1) is 14.7. The van der Waals surface area contributed by atoms with Crippen molar-refractivity contribution in [3.05, 3.63) is 59.4 Å². The van der Waals surface area contributed by atoms with Crippen LogP contribution < -0.4 is 0 Å². The smallest absolute Gasteiger partial charge is 0.236 e. The van der Waals surface area contributed by atoms with E-state index in [1.165, 1.54) is 25.0 Å². The molecular weight excluding hydrogens is 411 g/mol. The largest absolute Gasteiger partial charge is 0.458 e.